The third kappa shape index (κ3) is 2.75. The Morgan fingerprint density at radius 3 is 3.05 bits per heavy atom. The van der Waals surface area contributed by atoms with Gasteiger partial charge in [0.1, 0.15) is 11.7 Å². The van der Waals surface area contributed by atoms with Gasteiger partial charge in [0.05, 0.1) is 17.3 Å². The molecule has 110 valence electrons. The molecule has 1 aliphatic carbocycles. The molecule has 5 nitrogen and oxygen atoms in total. The van der Waals surface area contributed by atoms with E-state index in [0.717, 1.165) is 32.3 Å². The van der Waals surface area contributed by atoms with Crippen LogP contribution >= 0.6 is 27.3 Å². The van der Waals surface area contributed by atoms with Crippen LogP contribution in [0.15, 0.2) is 22.7 Å². The predicted octanol–water partition coefficient (Wildman–Crippen LogP) is 3.77. The third-order valence-corrected chi connectivity index (χ3v) is 5.08. The van der Waals surface area contributed by atoms with Gasteiger partial charge < -0.3 is 15.2 Å². The van der Waals surface area contributed by atoms with E-state index in [1.165, 1.54) is 11.3 Å². The number of carbonyl (C=O) groups is 1. The number of nitrogens with one attached hydrogen (secondary N) is 1. The van der Waals surface area contributed by atoms with Crippen molar-refractivity contribution in [1.82, 2.24) is 4.98 Å². The average Bonchev–Trinajstić information content (AvgIpc) is 2.98. The first-order valence-corrected chi connectivity index (χ1v) is 8.02. The minimum atomic E-state index is -0.794. The molecule has 0 radical (unpaired) electrons. The summed E-state index contributed by atoms with van der Waals surface area (Å²) in [6, 6.07) is 5.65. The van der Waals surface area contributed by atoms with Gasteiger partial charge in [0.25, 0.3) is 0 Å². The molecule has 1 unspecified atom stereocenters. The molecule has 0 fully saturated rings. The van der Waals surface area contributed by atoms with Gasteiger partial charge in [-0.1, -0.05) is 0 Å². The molecule has 1 heterocycles. The van der Waals surface area contributed by atoms with Crippen molar-refractivity contribution in [2.45, 2.75) is 18.8 Å². The van der Waals surface area contributed by atoms with E-state index < -0.39 is 11.9 Å². The molecule has 1 aliphatic rings. The second-order valence-electron chi connectivity index (χ2n) is 4.73. The molecule has 1 aromatic heterocycles. The highest BCUT2D eigenvalue weighted by molar-refractivity contribution is 9.10. The largest absolute Gasteiger partial charge is 0.496 e. The highest BCUT2D eigenvalue weighted by Gasteiger charge is 2.32. The number of carboxylic acid groups (broad SMARTS) is 1. The molecule has 1 aromatic carbocycles. The molecule has 7 heteroatoms. The number of carboxylic acids is 1. The zero-order chi connectivity index (χ0) is 15.0. The van der Waals surface area contributed by atoms with Crippen LogP contribution in [-0.2, 0) is 11.2 Å². The fraction of sp³-hybridized carbons (Fsp3) is 0.286. The van der Waals surface area contributed by atoms with Gasteiger partial charge >= 0.3 is 5.97 Å². The Kier molecular flexibility index (Phi) is 3.86. The molecule has 0 spiro atoms. The number of ether oxygens (including phenoxy) is 1. The Morgan fingerprint density at radius 2 is 2.38 bits per heavy atom. The molecule has 0 saturated heterocycles. The van der Waals surface area contributed by atoms with E-state index >= 15 is 0 Å². The minimum Gasteiger partial charge on any atom is -0.496 e. The first-order chi connectivity index (χ1) is 10.1. The van der Waals surface area contributed by atoms with Gasteiger partial charge in [-0.2, -0.15) is 0 Å². The maximum Gasteiger partial charge on any atom is 0.312 e. The second-order valence-corrected chi connectivity index (χ2v) is 6.67. The van der Waals surface area contributed by atoms with Crippen molar-refractivity contribution in [2.24, 2.45) is 0 Å². The number of nitrogens with zero attached hydrogens (tertiary/aromatic N) is 1. The fourth-order valence-corrected chi connectivity index (χ4v) is 3.99. The summed E-state index contributed by atoms with van der Waals surface area (Å²) >= 11 is 4.96. The zero-order valence-electron chi connectivity index (χ0n) is 11.2. The van der Waals surface area contributed by atoms with Crippen LogP contribution < -0.4 is 10.1 Å². The minimum absolute atomic E-state index is 0.464. The molecule has 0 saturated carbocycles. The number of thiazole rings is 1. The first kappa shape index (κ1) is 14.3. The number of aromatic nitrogens is 1. The number of benzene rings is 1. The molecular weight excluding hydrogens is 356 g/mol. The smallest absolute Gasteiger partial charge is 0.312 e. The van der Waals surface area contributed by atoms with Crippen LogP contribution in [0, 0.1) is 0 Å². The normalized spacial score (nSPS) is 16.6. The van der Waals surface area contributed by atoms with Crippen molar-refractivity contribution in [3.63, 3.8) is 0 Å². The lowest BCUT2D eigenvalue weighted by Crippen LogP contribution is -2.08. The average molecular weight is 369 g/mol. The van der Waals surface area contributed by atoms with Gasteiger partial charge in [-0.15, -0.1) is 11.3 Å². The van der Waals surface area contributed by atoms with Crippen LogP contribution in [0.1, 0.15) is 22.9 Å². The van der Waals surface area contributed by atoms with E-state index in [0.29, 0.717) is 12.1 Å². The van der Waals surface area contributed by atoms with E-state index in [1.807, 2.05) is 18.2 Å². The second kappa shape index (κ2) is 5.65. The number of hydrogen-bond acceptors (Lipinski definition) is 5. The molecule has 2 aromatic rings. The number of hydrogen-bond donors (Lipinski definition) is 2. The summed E-state index contributed by atoms with van der Waals surface area (Å²) in [6.45, 7) is 0. The SMILES string of the molecule is COc1ccc(Nc2nc3c(s2)CCC3C(=O)O)cc1Br. The molecule has 0 amide bonds. The van der Waals surface area contributed by atoms with Crippen molar-refractivity contribution < 1.29 is 14.6 Å². The standard InChI is InChI=1S/C14H13BrN2O3S/c1-20-10-4-2-7(6-9(10)15)16-14-17-12-8(13(18)19)3-5-11(12)21-14/h2,4,6,8H,3,5H2,1H3,(H,16,17)(H,18,19). The summed E-state index contributed by atoms with van der Waals surface area (Å²) < 4.78 is 6.04. The summed E-state index contributed by atoms with van der Waals surface area (Å²) in [5.41, 5.74) is 1.59. The number of aryl methyl sites for hydroxylation is 1. The number of methoxy groups -OCH3 is 1. The van der Waals surface area contributed by atoms with Crippen LogP contribution in [0.25, 0.3) is 0 Å². The number of fused-ring (bicyclic) bond motifs is 1. The van der Waals surface area contributed by atoms with Crippen LogP contribution in [0.3, 0.4) is 0 Å². The van der Waals surface area contributed by atoms with Crippen molar-refractivity contribution in [1.29, 1.82) is 0 Å². The number of rotatable bonds is 4. The fourth-order valence-electron chi connectivity index (χ4n) is 2.39. The van der Waals surface area contributed by atoms with Crippen molar-refractivity contribution >= 4 is 44.1 Å². The summed E-state index contributed by atoms with van der Waals surface area (Å²) in [6.07, 6.45) is 1.44. The Hall–Kier alpha value is -1.60. The Labute approximate surface area is 134 Å². The Bertz CT molecular complexity index is 702. The Morgan fingerprint density at radius 1 is 1.57 bits per heavy atom. The monoisotopic (exact) mass is 368 g/mol. The number of aliphatic carboxylic acids is 1. The first-order valence-electron chi connectivity index (χ1n) is 6.41. The molecule has 3 rings (SSSR count). The summed E-state index contributed by atoms with van der Waals surface area (Å²) in [4.78, 5) is 16.7. The van der Waals surface area contributed by atoms with E-state index in [4.69, 9.17) is 4.74 Å². The van der Waals surface area contributed by atoms with Gasteiger partial charge in [-0.05, 0) is 47.0 Å². The quantitative estimate of drug-likeness (QED) is 0.859. The molecule has 0 bridgehead atoms. The van der Waals surface area contributed by atoms with Crippen molar-refractivity contribution in [3.8, 4) is 5.75 Å². The van der Waals surface area contributed by atoms with Gasteiger partial charge in [-0.25, -0.2) is 4.98 Å². The van der Waals surface area contributed by atoms with Gasteiger partial charge in [0, 0.05) is 10.6 Å². The van der Waals surface area contributed by atoms with Crippen LogP contribution in [0.4, 0.5) is 10.8 Å². The van der Waals surface area contributed by atoms with Crippen LogP contribution in [0.5, 0.6) is 5.75 Å². The summed E-state index contributed by atoms with van der Waals surface area (Å²) in [5.74, 6) is -0.500. The third-order valence-electron chi connectivity index (χ3n) is 3.42. The van der Waals surface area contributed by atoms with E-state index in [2.05, 4.69) is 26.2 Å². The lowest BCUT2D eigenvalue weighted by atomic mass is 10.1. The molecule has 21 heavy (non-hydrogen) atoms. The highest BCUT2D eigenvalue weighted by atomic mass is 79.9. The lowest BCUT2D eigenvalue weighted by molar-refractivity contribution is -0.138. The maximum atomic E-state index is 11.2. The number of anilines is 2. The zero-order valence-corrected chi connectivity index (χ0v) is 13.6. The summed E-state index contributed by atoms with van der Waals surface area (Å²) in [7, 11) is 1.62. The highest BCUT2D eigenvalue weighted by Crippen LogP contribution is 2.39. The Balaban J connectivity index is 1.82. The molecular formula is C14H13BrN2O3S. The summed E-state index contributed by atoms with van der Waals surface area (Å²) in [5, 5.41) is 13.1. The van der Waals surface area contributed by atoms with Gasteiger partial charge in [-0.3, -0.25) is 4.79 Å². The van der Waals surface area contributed by atoms with E-state index in [-0.39, 0.29) is 0 Å². The van der Waals surface area contributed by atoms with Crippen LogP contribution in [0.2, 0.25) is 0 Å². The van der Waals surface area contributed by atoms with E-state index in [1.54, 1.807) is 7.11 Å². The predicted molar refractivity (Wildman–Crippen MR) is 84.8 cm³/mol. The van der Waals surface area contributed by atoms with Crippen LogP contribution in [-0.4, -0.2) is 23.2 Å². The molecule has 2 N–H and O–H groups in total. The molecule has 0 aliphatic heterocycles. The van der Waals surface area contributed by atoms with Gasteiger partial charge in [0.15, 0.2) is 5.13 Å². The lowest BCUT2D eigenvalue weighted by Gasteiger charge is -2.07. The topological polar surface area (TPSA) is 71.5 Å². The maximum absolute atomic E-state index is 11.2. The number of halogens is 1. The van der Waals surface area contributed by atoms with Crippen molar-refractivity contribution in [2.75, 3.05) is 12.4 Å². The van der Waals surface area contributed by atoms with Gasteiger partial charge in [0.2, 0.25) is 0 Å². The van der Waals surface area contributed by atoms with E-state index in [9.17, 15) is 9.90 Å². The van der Waals surface area contributed by atoms with Crippen molar-refractivity contribution in [3.05, 3.63) is 33.2 Å². The molecule has 1 atom stereocenters.